The number of aldehydes is 1. The summed E-state index contributed by atoms with van der Waals surface area (Å²) in [5, 5.41) is 2.70. The zero-order valence-corrected chi connectivity index (χ0v) is 17.1. The van der Waals surface area contributed by atoms with Crippen LogP contribution in [-0.2, 0) is 14.4 Å². The summed E-state index contributed by atoms with van der Waals surface area (Å²) in [4.78, 5) is 36.0. The first-order chi connectivity index (χ1) is 12.1. The fourth-order valence-corrected chi connectivity index (χ4v) is 5.47. The first kappa shape index (κ1) is 20.2. The molecule has 0 saturated carbocycles. The van der Waals surface area contributed by atoms with Crippen LogP contribution in [0.4, 0.5) is 0 Å². The number of amides is 2. The van der Waals surface area contributed by atoms with Crippen LogP contribution in [0.3, 0.4) is 0 Å². The Morgan fingerprint density at radius 2 is 1.88 bits per heavy atom. The molecule has 1 fully saturated rings. The highest BCUT2D eigenvalue weighted by molar-refractivity contribution is 6.80. The van der Waals surface area contributed by atoms with Gasteiger partial charge in [0.1, 0.15) is 18.1 Å². The third-order valence-electron chi connectivity index (χ3n) is 5.42. The zero-order chi connectivity index (χ0) is 19.5. The maximum Gasteiger partial charge on any atom is 0.258 e. The van der Waals surface area contributed by atoms with E-state index in [0.29, 0.717) is 5.75 Å². The number of ether oxygens (including phenoxy) is 1. The number of para-hydroxylation sites is 1. The molecular formula is C19H28N2O4Si. The molecule has 2 rings (SSSR count). The van der Waals surface area contributed by atoms with E-state index < -0.39 is 14.3 Å². The summed E-state index contributed by atoms with van der Waals surface area (Å²) in [7, 11) is -2.11. The maximum atomic E-state index is 12.7. The molecule has 6 nitrogen and oxygen atoms in total. The fourth-order valence-electron chi connectivity index (χ4n) is 2.97. The molecule has 1 aromatic rings. The number of nitrogens with one attached hydrogen (secondary N) is 1. The van der Waals surface area contributed by atoms with Crippen LogP contribution in [0.15, 0.2) is 30.3 Å². The highest BCUT2D eigenvalue weighted by Gasteiger charge is 2.57. The topological polar surface area (TPSA) is 75.7 Å². The van der Waals surface area contributed by atoms with E-state index in [2.05, 4.69) is 39.2 Å². The standard InChI is InChI=1S/C19H28N2O4Si/c1-19(2,3)26(4,5)21-15(11-12-22)17(18(21)24)20-16(23)13-25-14-9-7-6-8-10-14/h6-10,12,15,17H,11,13H2,1-5H3,(H,20,23)/t15-,17+/m1/s1. The predicted octanol–water partition coefficient (Wildman–Crippen LogP) is 2.36. The lowest BCUT2D eigenvalue weighted by Gasteiger charge is -2.58. The number of nitrogens with zero attached hydrogens (tertiary/aromatic N) is 1. The lowest BCUT2D eigenvalue weighted by Crippen LogP contribution is -2.78. The van der Waals surface area contributed by atoms with Crippen molar-refractivity contribution in [1.82, 2.24) is 9.88 Å². The van der Waals surface area contributed by atoms with Gasteiger partial charge in [-0.15, -0.1) is 0 Å². The molecule has 1 aromatic carbocycles. The average molecular weight is 377 g/mol. The molecule has 0 bridgehead atoms. The van der Waals surface area contributed by atoms with Gasteiger partial charge in [-0.25, -0.2) is 0 Å². The SMILES string of the molecule is CC(C)(C)[Si](C)(C)N1C(=O)[C@@H](NC(=O)COc2ccccc2)[C@H]1CC=O. The van der Waals surface area contributed by atoms with Gasteiger partial charge in [0.25, 0.3) is 5.91 Å². The Balaban J connectivity index is 2.02. The summed E-state index contributed by atoms with van der Waals surface area (Å²) < 4.78 is 7.28. The lowest BCUT2D eigenvalue weighted by atomic mass is 9.96. The molecule has 1 saturated heterocycles. The molecule has 2 atom stereocenters. The molecule has 0 unspecified atom stereocenters. The fraction of sp³-hybridized carbons (Fsp3) is 0.526. The van der Waals surface area contributed by atoms with E-state index >= 15 is 0 Å². The van der Waals surface area contributed by atoms with Crippen LogP contribution in [0.2, 0.25) is 18.1 Å². The minimum Gasteiger partial charge on any atom is -0.484 e. The van der Waals surface area contributed by atoms with Crippen molar-refractivity contribution in [3.8, 4) is 5.75 Å². The quantitative estimate of drug-likeness (QED) is 0.450. The van der Waals surface area contributed by atoms with Crippen molar-refractivity contribution in [2.24, 2.45) is 0 Å². The molecule has 2 amide bonds. The average Bonchev–Trinajstić information content (AvgIpc) is 2.57. The van der Waals surface area contributed by atoms with Crippen LogP contribution in [0.5, 0.6) is 5.75 Å². The lowest BCUT2D eigenvalue weighted by molar-refractivity contribution is -0.147. The second kappa shape index (κ2) is 7.61. The van der Waals surface area contributed by atoms with Crippen molar-refractivity contribution in [3.05, 3.63) is 30.3 Å². The van der Waals surface area contributed by atoms with Crippen molar-refractivity contribution in [2.75, 3.05) is 6.61 Å². The van der Waals surface area contributed by atoms with Crippen molar-refractivity contribution < 1.29 is 19.1 Å². The maximum absolute atomic E-state index is 12.7. The molecule has 142 valence electrons. The third kappa shape index (κ3) is 3.98. The predicted molar refractivity (Wildman–Crippen MR) is 102 cm³/mol. The molecule has 0 aromatic heterocycles. The highest BCUT2D eigenvalue weighted by atomic mass is 28.3. The molecule has 1 aliphatic rings. The second-order valence-electron chi connectivity index (χ2n) is 8.13. The van der Waals surface area contributed by atoms with E-state index in [-0.39, 0.29) is 35.9 Å². The largest absolute Gasteiger partial charge is 0.484 e. The number of rotatable bonds is 7. The Labute approximate surface area is 156 Å². The molecule has 26 heavy (non-hydrogen) atoms. The Morgan fingerprint density at radius 1 is 1.27 bits per heavy atom. The highest BCUT2D eigenvalue weighted by Crippen LogP contribution is 2.43. The molecular weight excluding hydrogens is 348 g/mol. The van der Waals surface area contributed by atoms with E-state index in [1.807, 2.05) is 22.8 Å². The zero-order valence-electron chi connectivity index (χ0n) is 16.1. The van der Waals surface area contributed by atoms with Gasteiger partial charge in [0.2, 0.25) is 5.91 Å². The van der Waals surface area contributed by atoms with E-state index in [0.717, 1.165) is 6.29 Å². The van der Waals surface area contributed by atoms with Crippen LogP contribution >= 0.6 is 0 Å². The third-order valence-corrected chi connectivity index (χ3v) is 10.9. The first-order valence-electron chi connectivity index (χ1n) is 8.83. The number of hydrogen-bond acceptors (Lipinski definition) is 4. The van der Waals surface area contributed by atoms with Crippen LogP contribution in [-0.4, -0.2) is 49.6 Å². The smallest absolute Gasteiger partial charge is 0.258 e. The summed E-state index contributed by atoms with van der Waals surface area (Å²) in [5.74, 6) is 0.129. The number of carbonyl (C=O) groups excluding carboxylic acids is 3. The molecule has 1 aliphatic heterocycles. The Morgan fingerprint density at radius 3 is 2.42 bits per heavy atom. The van der Waals surface area contributed by atoms with Crippen LogP contribution in [0.1, 0.15) is 27.2 Å². The van der Waals surface area contributed by atoms with Crippen LogP contribution < -0.4 is 10.1 Å². The summed E-state index contributed by atoms with van der Waals surface area (Å²) in [5.41, 5.74) is 0. The molecule has 0 spiro atoms. The van der Waals surface area contributed by atoms with Gasteiger partial charge < -0.3 is 19.4 Å². The number of β-lactam (4-membered cyclic amide) rings is 1. The number of carbonyl (C=O) groups is 3. The van der Waals surface area contributed by atoms with Crippen LogP contribution in [0.25, 0.3) is 0 Å². The number of benzene rings is 1. The van der Waals surface area contributed by atoms with E-state index in [9.17, 15) is 14.4 Å². The summed E-state index contributed by atoms with van der Waals surface area (Å²) in [6, 6.07) is 8.09. The first-order valence-corrected chi connectivity index (χ1v) is 11.8. The number of hydrogen-bond donors (Lipinski definition) is 1. The van der Waals surface area contributed by atoms with Gasteiger partial charge in [-0.3, -0.25) is 9.59 Å². The molecule has 1 N–H and O–H groups in total. The summed E-state index contributed by atoms with van der Waals surface area (Å²) in [6.07, 6.45) is 1.04. The van der Waals surface area contributed by atoms with Crippen LogP contribution in [0, 0.1) is 0 Å². The normalized spacial score (nSPS) is 20.3. The molecule has 1 heterocycles. The molecule has 7 heteroatoms. The molecule has 0 radical (unpaired) electrons. The minimum atomic E-state index is -2.11. The van der Waals surface area contributed by atoms with E-state index in [1.165, 1.54) is 0 Å². The van der Waals surface area contributed by atoms with Gasteiger partial charge in [-0.2, -0.15) is 0 Å². The summed E-state index contributed by atoms with van der Waals surface area (Å²) in [6.45, 7) is 10.4. The van der Waals surface area contributed by atoms with Gasteiger partial charge >= 0.3 is 0 Å². The van der Waals surface area contributed by atoms with Crippen molar-refractivity contribution in [2.45, 2.75) is 57.4 Å². The van der Waals surface area contributed by atoms with Gasteiger partial charge in [0.15, 0.2) is 14.8 Å². The Bertz CT molecular complexity index is 670. The van der Waals surface area contributed by atoms with Crippen molar-refractivity contribution in [1.29, 1.82) is 0 Å². The van der Waals surface area contributed by atoms with Gasteiger partial charge in [-0.1, -0.05) is 52.1 Å². The monoisotopic (exact) mass is 376 g/mol. The van der Waals surface area contributed by atoms with Gasteiger partial charge in [-0.05, 0) is 17.2 Å². The van der Waals surface area contributed by atoms with Crippen molar-refractivity contribution >= 4 is 26.3 Å². The van der Waals surface area contributed by atoms with Gasteiger partial charge in [0, 0.05) is 6.42 Å². The second-order valence-corrected chi connectivity index (χ2v) is 13.2. The minimum absolute atomic E-state index is 0.0325. The van der Waals surface area contributed by atoms with Gasteiger partial charge in [0.05, 0.1) is 6.04 Å². The summed E-state index contributed by atoms with van der Waals surface area (Å²) >= 11 is 0. The Kier molecular flexibility index (Phi) is 5.90. The molecule has 0 aliphatic carbocycles. The Hall–Kier alpha value is -2.15. The van der Waals surface area contributed by atoms with Crippen molar-refractivity contribution in [3.63, 3.8) is 0 Å². The van der Waals surface area contributed by atoms with E-state index in [4.69, 9.17) is 4.74 Å². The van der Waals surface area contributed by atoms with E-state index in [1.54, 1.807) is 12.1 Å².